The van der Waals surface area contributed by atoms with Crippen LogP contribution >= 0.6 is 0 Å². The first kappa shape index (κ1) is 20.9. The number of nitro groups is 1. The summed E-state index contributed by atoms with van der Waals surface area (Å²) in [4.78, 5) is 34.7. The van der Waals surface area contributed by atoms with Crippen LogP contribution < -0.4 is 15.4 Å². The molecule has 2 aromatic rings. The molecule has 0 aliphatic carbocycles. The highest BCUT2D eigenvalue weighted by Crippen LogP contribution is 2.19. The number of aryl methyl sites for hydroxylation is 1. The van der Waals surface area contributed by atoms with Gasteiger partial charge < -0.3 is 15.4 Å². The van der Waals surface area contributed by atoms with Crippen LogP contribution in [0.3, 0.4) is 0 Å². The van der Waals surface area contributed by atoms with Crippen LogP contribution in [0.15, 0.2) is 42.5 Å². The SMILES string of the molecule is COc1ccc(C)cc1CCNC(=O)C(C)NC(=O)c1cccc([N+](=O)[O-])c1. The van der Waals surface area contributed by atoms with Gasteiger partial charge in [0.05, 0.1) is 12.0 Å². The molecule has 8 heteroatoms. The lowest BCUT2D eigenvalue weighted by atomic mass is 10.1. The monoisotopic (exact) mass is 385 g/mol. The zero-order chi connectivity index (χ0) is 20.7. The van der Waals surface area contributed by atoms with E-state index in [2.05, 4.69) is 10.6 Å². The molecule has 148 valence electrons. The van der Waals surface area contributed by atoms with Crippen LogP contribution in [0.2, 0.25) is 0 Å². The van der Waals surface area contributed by atoms with E-state index >= 15 is 0 Å². The third kappa shape index (κ3) is 5.54. The average molecular weight is 385 g/mol. The third-order valence-corrected chi connectivity index (χ3v) is 4.19. The van der Waals surface area contributed by atoms with Crippen molar-refractivity contribution in [2.45, 2.75) is 26.3 Å². The number of benzene rings is 2. The van der Waals surface area contributed by atoms with E-state index in [1.165, 1.54) is 24.3 Å². The minimum atomic E-state index is -0.786. The van der Waals surface area contributed by atoms with E-state index in [0.29, 0.717) is 13.0 Å². The van der Waals surface area contributed by atoms with Crippen LogP contribution in [0, 0.1) is 17.0 Å². The molecule has 0 aliphatic heterocycles. The average Bonchev–Trinajstić information content (AvgIpc) is 2.68. The molecule has 0 saturated carbocycles. The number of hydrogen-bond donors (Lipinski definition) is 2. The summed E-state index contributed by atoms with van der Waals surface area (Å²) >= 11 is 0. The van der Waals surface area contributed by atoms with Crippen molar-refractivity contribution in [2.75, 3.05) is 13.7 Å². The Bertz CT molecular complexity index is 882. The summed E-state index contributed by atoms with van der Waals surface area (Å²) in [5.74, 6) is -0.135. The molecular formula is C20H23N3O5. The number of carbonyl (C=O) groups is 2. The Labute approximate surface area is 163 Å². The maximum Gasteiger partial charge on any atom is 0.270 e. The summed E-state index contributed by atoms with van der Waals surface area (Å²) in [5.41, 5.74) is 2.02. The molecule has 2 aromatic carbocycles. The lowest BCUT2D eigenvalue weighted by Crippen LogP contribution is -2.45. The predicted octanol–water partition coefficient (Wildman–Crippen LogP) is 2.39. The first-order valence-corrected chi connectivity index (χ1v) is 8.78. The van der Waals surface area contributed by atoms with E-state index in [4.69, 9.17) is 4.74 Å². The second kappa shape index (κ2) is 9.50. The van der Waals surface area contributed by atoms with E-state index < -0.39 is 16.9 Å². The van der Waals surface area contributed by atoms with E-state index in [0.717, 1.165) is 16.9 Å². The molecule has 0 radical (unpaired) electrons. The fourth-order valence-corrected chi connectivity index (χ4v) is 2.68. The van der Waals surface area contributed by atoms with Crippen LogP contribution in [0.1, 0.15) is 28.4 Å². The lowest BCUT2D eigenvalue weighted by Gasteiger charge is -2.15. The van der Waals surface area contributed by atoms with Crippen molar-refractivity contribution < 1.29 is 19.2 Å². The third-order valence-electron chi connectivity index (χ3n) is 4.19. The number of nitro benzene ring substituents is 1. The first-order chi connectivity index (χ1) is 13.3. The van der Waals surface area contributed by atoms with Gasteiger partial charge in [-0.05, 0) is 38.0 Å². The van der Waals surface area contributed by atoms with Crippen LogP contribution in [0.5, 0.6) is 5.75 Å². The molecule has 0 heterocycles. The number of nitrogens with one attached hydrogen (secondary N) is 2. The Morgan fingerprint density at radius 1 is 1.21 bits per heavy atom. The molecule has 8 nitrogen and oxygen atoms in total. The molecule has 0 spiro atoms. The van der Waals surface area contributed by atoms with E-state index in [-0.39, 0.29) is 17.2 Å². The minimum Gasteiger partial charge on any atom is -0.496 e. The summed E-state index contributed by atoms with van der Waals surface area (Å²) in [6.07, 6.45) is 0.585. The van der Waals surface area contributed by atoms with Crippen LogP contribution in [-0.4, -0.2) is 36.4 Å². The smallest absolute Gasteiger partial charge is 0.270 e. The van der Waals surface area contributed by atoms with Gasteiger partial charge in [-0.1, -0.05) is 23.8 Å². The van der Waals surface area contributed by atoms with Gasteiger partial charge in [0.2, 0.25) is 5.91 Å². The fraction of sp³-hybridized carbons (Fsp3) is 0.300. The Kier molecular flexibility index (Phi) is 7.08. The Morgan fingerprint density at radius 3 is 2.64 bits per heavy atom. The number of methoxy groups -OCH3 is 1. The zero-order valence-corrected chi connectivity index (χ0v) is 16.0. The van der Waals surface area contributed by atoms with Crippen molar-refractivity contribution in [3.63, 3.8) is 0 Å². The Morgan fingerprint density at radius 2 is 1.96 bits per heavy atom. The van der Waals surface area contributed by atoms with Crippen LogP contribution in [0.25, 0.3) is 0 Å². The number of ether oxygens (including phenoxy) is 1. The van der Waals surface area contributed by atoms with Gasteiger partial charge in [-0.2, -0.15) is 0 Å². The summed E-state index contributed by atoms with van der Waals surface area (Å²) < 4.78 is 5.32. The zero-order valence-electron chi connectivity index (χ0n) is 16.0. The highest BCUT2D eigenvalue weighted by atomic mass is 16.6. The van der Waals surface area contributed by atoms with Crippen LogP contribution in [0.4, 0.5) is 5.69 Å². The minimum absolute atomic E-state index is 0.123. The Balaban J connectivity index is 1.89. The number of nitrogens with zero attached hydrogens (tertiary/aromatic N) is 1. The highest BCUT2D eigenvalue weighted by Gasteiger charge is 2.18. The van der Waals surface area contributed by atoms with Gasteiger partial charge in [-0.25, -0.2) is 0 Å². The highest BCUT2D eigenvalue weighted by molar-refractivity contribution is 5.97. The lowest BCUT2D eigenvalue weighted by molar-refractivity contribution is -0.384. The second-order valence-corrected chi connectivity index (χ2v) is 6.36. The van der Waals surface area contributed by atoms with Crippen molar-refractivity contribution in [2.24, 2.45) is 0 Å². The molecule has 2 N–H and O–H groups in total. The van der Waals surface area contributed by atoms with E-state index in [9.17, 15) is 19.7 Å². The molecular weight excluding hydrogens is 362 g/mol. The largest absolute Gasteiger partial charge is 0.496 e. The number of hydrogen-bond acceptors (Lipinski definition) is 5. The molecule has 2 rings (SSSR count). The molecule has 0 aromatic heterocycles. The Hall–Kier alpha value is -3.42. The molecule has 1 atom stereocenters. The fourth-order valence-electron chi connectivity index (χ4n) is 2.68. The molecule has 0 saturated heterocycles. The molecule has 1 unspecified atom stereocenters. The molecule has 28 heavy (non-hydrogen) atoms. The summed E-state index contributed by atoms with van der Waals surface area (Å²) in [6.45, 7) is 3.92. The first-order valence-electron chi connectivity index (χ1n) is 8.78. The number of carbonyl (C=O) groups excluding carboxylic acids is 2. The summed E-state index contributed by atoms with van der Waals surface area (Å²) in [7, 11) is 1.60. The van der Waals surface area contributed by atoms with Gasteiger partial charge in [0.25, 0.3) is 11.6 Å². The normalized spacial score (nSPS) is 11.4. The standard InChI is InChI=1S/C20H23N3O5/c1-13-7-8-18(28-3)15(11-13)9-10-21-19(24)14(2)22-20(25)16-5-4-6-17(12-16)23(26)27/h4-8,11-12,14H,9-10H2,1-3H3,(H,21,24)(H,22,25). The number of non-ortho nitro benzene ring substituents is 1. The van der Waals surface area contributed by atoms with Gasteiger partial charge in [0, 0.05) is 24.2 Å². The maximum absolute atomic E-state index is 12.2. The second-order valence-electron chi connectivity index (χ2n) is 6.36. The van der Waals surface area contributed by atoms with Crippen molar-refractivity contribution in [3.8, 4) is 5.75 Å². The van der Waals surface area contributed by atoms with Gasteiger partial charge in [0.1, 0.15) is 11.8 Å². The van der Waals surface area contributed by atoms with Crippen molar-refractivity contribution in [3.05, 3.63) is 69.3 Å². The molecule has 2 amide bonds. The number of amides is 2. The molecule has 0 fully saturated rings. The molecule has 0 bridgehead atoms. The van der Waals surface area contributed by atoms with Gasteiger partial charge in [-0.15, -0.1) is 0 Å². The van der Waals surface area contributed by atoms with Crippen molar-refractivity contribution in [1.29, 1.82) is 0 Å². The summed E-state index contributed by atoms with van der Waals surface area (Å²) in [6, 6.07) is 10.4. The van der Waals surface area contributed by atoms with Gasteiger partial charge in [0.15, 0.2) is 0 Å². The maximum atomic E-state index is 12.2. The van der Waals surface area contributed by atoms with E-state index in [1.54, 1.807) is 14.0 Å². The van der Waals surface area contributed by atoms with Crippen LogP contribution in [-0.2, 0) is 11.2 Å². The van der Waals surface area contributed by atoms with Gasteiger partial charge in [-0.3, -0.25) is 19.7 Å². The summed E-state index contributed by atoms with van der Waals surface area (Å²) in [5, 5.41) is 16.1. The van der Waals surface area contributed by atoms with Gasteiger partial charge >= 0.3 is 0 Å². The quantitative estimate of drug-likeness (QED) is 0.535. The topological polar surface area (TPSA) is 111 Å². The van der Waals surface area contributed by atoms with Crippen molar-refractivity contribution in [1.82, 2.24) is 10.6 Å². The number of rotatable bonds is 8. The molecule has 0 aliphatic rings. The predicted molar refractivity (Wildman–Crippen MR) is 104 cm³/mol. The van der Waals surface area contributed by atoms with E-state index in [1.807, 2.05) is 25.1 Å². The van der Waals surface area contributed by atoms with Crippen molar-refractivity contribution >= 4 is 17.5 Å².